The van der Waals surface area contributed by atoms with Crippen LogP contribution in [-0.4, -0.2) is 34.8 Å². The van der Waals surface area contributed by atoms with E-state index in [0.717, 1.165) is 6.42 Å². The molecule has 0 aromatic heterocycles. The van der Waals surface area contributed by atoms with E-state index in [1.807, 2.05) is 6.92 Å². The van der Waals surface area contributed by atoms with Gasteiger partial charge < -0.3 is 10.6 Å². The van der Waals surface area contributed by atoms with Gasteiger partial charge in [-0.3, -0.25) is 4.79 Å². The highest BCUT2D eigenvalue weighted by molar-refractivity contribution is 9.09. The summed E-state index contributed by atoms with van der Waals surface area (Å²) in [6, 6.07) is -0.0192. The van der Waals surface area contributed by atoms with E-state index in [9.17, 15) is 13.6 Å². The Morgan fingerprint density at radius 1 is 1.65 bits per heavy atom. The van der Waals surface area contributed by atoms with Gasteiger partial charge in [-0.05, 0) is 34.7 Å². The molecule has 2 N–H and O–H groups in total. The molecular formula is C11H19BrF2N2O. The molecule has 17 heavy (non-hydrogen) atoms. The zero-order valence-electron chi connectivity index (χ0n) is 9.96. The molecular weight excluding hydrogens is 294 g/mol. The summed E-state index contributed by atoms with van der Waals surface area (Å²) in [6.45, 7) is 2.74. The van der Waals surface area contributed by atoms with Gasteiger partial charge in [-0.2, -0.15) is 8.78 Å². The standard InChI is InChI=1S/C11H19BrF2N2O/c1-2-9(6-15)16-7-8(3-4-10(16)17)5-11(12,13)14/h8-9H,2-7,15H2,1H3. The average molecular weight is 313 g/mol. The van der Waals surface area contributed by atoms with Crippen molar-refractivity contribution in [3.8, 4) is 0 Å². The van der Waals surface area contributed by atoms with Gasteiger partial charge in [0.15, 0.2) is 0 Å². The number of rotatable bonds is 5. The van der Waals surface area contributed by atoms with Crippen molar-refractivity contribution in [3.05, 3.63) is 0 Å². The Morgan fingerprint density at radius 3 is 2.76 bits per heavy atom. The lowest BCUT2D eigenvalue weighted by Crippen LogP contribution is -2.49. The summed E-state index contributed by atoms with van der Waals surface area (Å²) in [5, 5.41) is 0. The number of hydrogen-bond donors (Lipinski definition) is 1. The Labute approximate surface area is 109 Å². The van der Waals surface area contributed by atoms with Crippen LogP contribution in [0.25, 0.3) is 0 Å². The van der Waals surface area contributed by atoms with E-state index in [1.165, 1.54) is 0 Å². The SMILES string of the molecule is CCC(CN)N1CC(CC(F)(F)Br)CCC1=O. The van der Waals surface area contributed by atoms with E-state index in [2.05, 4.69) is 15.9 Å². The monoisotopic (exact) mass is 312 g/mol. The summed E-state index contributed by atoms with van der Waals surface area (Å²) in [4.78, 5) is 10.6. The molecule has 0 aromatic carbocycles. The Kier molecular flexibility index (Phi) is 5.31. The van der Waals surface area contributed by atoms with E-state index in [4.69, 9.17) is 5.73 Å². The largest absolute Gasteiger partial charge is 0.338 e. The van der Waals surface area contributed by atoms with Crippen LogP contribution in [-0.2, 0) is 4.79 Å². The molecule has 1 heterocycles. The molecule has 0 bridgehead atoms. The number of alkyl halides is 3. The molecule has 0 spiro atoms. The summed E-state index contributed by atoms with van der Waals surface area (Å²) in [7, 11) is 0. The van der Waals surface area contributed by atoms with Crippen molar-refractivity contribution in [2.75, 3.05) is 13.1 Å². The number of amides is 1. The number of nitrogens with zero attached hydrogens (tertiary/aromatic N) is 1. The van der Waals surface area contributed by atoms with Gasteiger partial charge in [0.25, 0.3) is 0 Å². The van der Waals surface area contributed by atoms with E-state index < -0.39 is 4.83 Å². The number of halogens is 3. The molecule has 6 heteroatoms. The minimum atomic E-state index is -2.84. The molecule has 3 nitrogen and oxygen atoms in total. The fourth-order valence-corrected chi connectivity index (χ4v) is 2.76. The van der Waals surface area contributed by atoms with Crippen molar-refractivity contribution in [2.24, 2.45) is 11.7 Å². The number of carbonyl (C=O) groups excluding carboxylic acids is 1. The Bertz CT molecular complexity index is 267. The zero-order chi connectivity index (χ0) is 13.1. The zero-order valence-corrected chi connectivity index (χ0v) is 11.6. The lowest BCUT2D eigenvalue weighted by Gasteiger charge is -2.38. The second-order valence-electron chi connectivity index (χ2n) is 4.57. The quantitative estimate of drug-likeness (QED) is 0.792. The number of hydrogen-bond acceptors (Lipinski definition) is 2. The van der Waals surface area contributed by atoms with Crippen molar-refractivity contribution in [2.45, 2.75) is 43.5 Å². The van der Waals surface area contributed by atoms with Crippen LogP contribution in [0.4, 0.5) is 8.78 Å². The van der Waals surface area contributed by atoms with Gasteiger partial charge in [0.05, 0.1) is 0 Å². The van der Waals surface area contributed by atoms with Crippen molar-refractivity contribution in [1.82, 2.24) is 4.90 Å². The van der Waals surface area contributed by atoms with Crippen LogP contribution in [0.3, 0.4) is 0 Å². The third-order valence-electron chi connectivity index (χ3n) is 3.25. The predicted octanol–water partition coefficient (Wildman–Crippen LogP) is 2.34. The Balaban J connectivity index is 2.62. The lowest BCUT2D eigenvalue weighted by molar-refractivity contribution is -0.138. The van der Waals surface area contributed by atoms with E-state index in [-0.39, 0.29) is 24.3 Å². The predicted molar refractivity (Wildman–Crippen MR) is 66.1 cm³/mol. The summed E-state index contributed by atoms with van der Waals surface area (Å²) in [6.07, 6.45) is 1.43. The maximum absolute atomic E-state index is 12.9. The van der Waals surface area contributed by atoms with Crippen molar-refractivity contribution in [3.63, 3.8) is 0 Å². The molecule has 0 saturated carbocycles. The number of nitrogens with two attached hydrogens (primary N) is 1. The van der Waals surface area contributed by atoms with Crippen molar-refractivity contribution < 1.29 is 13.6 Å². The number of carbonyl (C=O) groups is 1. The van der Waals surface area contributed by atoms with Gasteiger partial charge in [0.1, 0.15) is 0 Å². The maximum atomic E-state index is 12.9. The molecule has 1 rings (SSSR count). The van der Waals surface area contributed by atoms with Crippen LogP contribution >= 0.6 is 15.9 Å². The first-order chi connectivity index (χ1) is 7.87. The van der Waals surface area contributed by atoms with Crippen molar-refractivity contribution in [1.29, 1.82) is 0 Å². The minimum Gasteiger partial charge on any atom is -0.338 e. The first-order valence-electron chi connectivity index (χ1n) is 5.93. The highest BCUT2D eigenvalue weighted by atomic mass is 79.9. The fourth-order valence-electron chi connectivity index (χ4n) is 2.30. The third kappa shape index (κ3) is 4.50. The first-order valence-corrected chi connectivity index (χ1v) is 6.73. The molecule has 1 aliphatic heterocycles. The molecule has 100 valence electrons. The minimum absolute atomic E-state index is 0.0192. The number of piperidine rings is 1. The van der Waals surface area contributed by atoms with Crippen LogP contribution in [0.5, 0.6) is 0 Å². The van der Waals surface area contributed by atoms with Crippen LogP contribution < -0.4 is 5.73 Å². The Hall–Kier alpha value is -0.230. The molecule has 1 amide bonds. The second-order valence-corrected chi connectivity index (χ2v) is 5.73. The molecule has 1 fully saturated rings. The van der Waals surface area contributed by atoms with Gasteiger partial charge in [0.2, 0.25) is 5.91 Å². The first kappa shape index (κ1) is 14.8. The molecule has 2 atom stereocenters. The normalized spacial score (nSPS) is 23.9. The van der Waals surface area contributed by atoms with Gasteiger partial charge in [-0.15, -0.1) is 0 Å². The highest BCUT2D eigenvalue weighted by Crippen LogP contribution is 2.34. The molecule has 2 unspecified atom stereocenters. The Morgan fingerprint density at radius 2 is 2.29 bits per heavy atom. The average Bonchev–Trinajstić information content (AvgIpc) is 2.22. The highest BCUT2D eigenvalue weighted by Gasteiger charge is 2.35. The van der Waals surface area contributed by atoms with Gasteiger partial charge in [-0.1, -0.05) is 6.92 Å². The van der Waals surface area contributed by atoms with Crippen molar-refractivity contribution >= 4 is 21.8 Å². The summed E-state index contributed by atoms with van der Waals surface area (Å²) < 4.78 is 25.8. The maximum Gasteiger partial charge on any atom is 0.301 e. The van der Waals surface area contributed by atoms with Crippen LogP contribution in [0.1, 0.15) is 32.6 Å². The second kappa shape index (κ2) is 6.09. The smallest absolute Gasteiger partial charge is 0.301 e. The molecule has 0 radical (unpaired) electrons. The van der Waals surface area contributed by atoms with Gasteiger partial charge in [0, 0.05) is 32.0 Å². The fraction of sp³-hybridized carbons (Fsp3) is 0.909. The molecule has 1 saturated heterocycles. The van der Waals surface area contributed by atoms with Crippen LogP contribution in [0, 0.1) is 5.92 Å². The van der Waals surface area contributed by atoms with E-state index >= 15 is 0 Å². The van der Waals surface area contributed by atoms with E-state index in [0.29, 0.717) is 25.9 Å². The van der Waals surface area contributed by atoms with Gasteiger partial charge in [-0.25, -0.2) is 0 Å². The van der Waals surface area contributed by atoms with Crippen LogP contribution in [0.2, 0.25) is 0 Å². The third-order valence-corrected chi connectivity index (χ3v) is 3.57. The topological polar surface area (TPSA) is 46.3 Å². The molecule has 0 aromatic rings. The van der Waals surface area contributed by atoms with Gasteiger partial charge >= 0.3 is 4.83 Å². The summed E-state index contributed by atoms with van der Waals surface area (Å²) in [5.74, 6) is -0.112. The molecule has 1 aliphatic rings. The molecule has 0 aliphatic carbocycles. The summed E-state index contributed by atoms with van der Waals surface area (Å²) in [5.41, 5.74) is 5.60. The number of likely N-dealkylation sites (tertiary alicyclic amines) is 1. The summed E-state index contributed by atoms with van der Waals surface area (Å²) >= 11 is 2.36. The van der Waals surface area contributed by atoms with E-state index in [1.54, 1.807) is 4.90 Å². The van der Waals surface area contributed by atoms with Crippen LogP contribution in [0.15, 0.2) is 0 Å². The lowest BCUT2D eigenvalue weighted by atomic mass is 9.93.